The van der Waals surface area contributed by atoms with Crippen LogP contribution in [0.4, 0.5) is 17.6 Å². The van der Waals surface area contributed by atoms with Gasteiger partial charge in [-0.05, 0) is 12.1 Å². The summed E-state index contributed by atoms with van der Waals surface area (Å²) in [6.07, 6.45) is 0. The molecule has 4 rings (SSSR count). The summed E-state index contributed by atoms with van der Waals surface area (Å²) < 4.78 is 10.8. The molecule has 2 aliphatic heterocycles. The smallest absolute Gasteiger partial charge is 0.269 e. The molecule has 1 aromatic heterocycles. The van der Waals surface area contributed by atoms with Crippen LogP contribution in [-0.4, -0.2) is 72.5 Å². The van der Waals surface area contributed by atoms with Crippen LogP contribution in [0.5, 0.6) is 0 Å². The molecule has 2 aliphatic rings. The fraction of sp³-hybridized carbons (Fsp3) is 0.471. The molecule has 0 aliphatic carbocycles. The minimum Gasteiger partial charge on any atom is -0.378 e. The first-order valence-electron chi connectivity index (χ1n) is 8.87. The average Bonchev–Trinajstić information content (AvgIpc) is 2.75. The highest BCUT2D eigenvalue weighted by atomic mass is 16.6. The molecule has 0 bridgehead atoms. The van der Waals surface area contributed by atoms with Crippen LogP contribution >= 0.6 is 0 Å². The zero-order chi connectivity index (χ0) is 18.6. The van der Waals surface area contributed by atoms with E-state index in [1.165, 1.54) is 12.1 Å². The number of hydrogen-bond donors (Lipinski definition) is 0. The van der Waals surface area contributed by atoms with Crippen LogP contribution in [0.3, 0.4) is 0 Å². The van der Waals surface area contributed by atoms with Crippen molar-refractivity contribution in [3.05, 3.63) is 34.4 Å². The predicted molar refractivity (Wildman–Crippen MR) is 98.0 cm³/mol. The maximum Gasteiger partial charge on any atom is 0.269 e. The monoisotopic (exact) mass is 372 g/mol. The van der Waals surface area contributed by atoms with Gasteiger partial charge < -0.3 is 19.3 Å². The standard InChI is InChI=1S/C17H20N6O4/c24-23(25)14-3-1-13(2-4-14)15-18-16(21-5-9-26-10-6-21)20-17(19-15)22-7-11-27-12-8-22/h1-4H,5-12H2. The lowest BCUT2D eigenvalue weighted by Gasteiger charge is -2.30. The van der Waals surface area contributed by atoms with Crippen LogP contribution in [0.25, 0.3) is 11.4 Å². The molecule has 2 saturated heterocycles. The molecule has 0 atom stereocenters. The Morgan fingerprint density at radius 1 is 0.815 bits per heavy atom. The van der Waals surface area contributed by atoms with Crippen LogP contribution in [-0.2, 0) is 9.47 Å². The van der Waals surface area contributed by atoms with Crippen LogP contribution < -0.4 is 9.80 Å². The Bertz CT molecular complexity index is 767. The lowest BCUT2D eigenvalue weighted by Crippen LogP contribution is -2.40. The lowest BCUT2D eigenvalue weighted by atomic mass is 10.2. The van der Waals surface area contributed by atoms with Gasteiger partial charge in [0.25, 0.3) is 5.69 Å². The highest BCUT2D eigenvalue weighted by Crippen LogP contribution is 2.24. The maximum absolute atomic E-state index is 10.9. The molecule has 0 saturated carbocycles. The van der Waals surface area contributed by atoms with E-state index in [0.29, 0.717) is 75.9 Å². The van der Waals surface area contributed by atoms with E-state index in [0.717, 1.165) is 0 Å². The zero-order valence-electron chi connectivity index (χ0n) is 14.8. The normalized spacial score (nSPS) is 17.8. The summed E-state index contributed by atoms with van der Waals surface area (Å²) in [4.78, 5) is 28.5. The number of ether oxygens (including phenoxy) is 2. The predicted octanol–water partition coefficient (Wildman–Crippen LogP) is 1.12. The van der Waals surface area contributed by atoms with Crippen molar-refractivity contribution in [2.45, 2.75) is 0 Å². The minimum absolute atomic E-state index is 0.0367. The number of aromatic nitrogens is 3. The van der Waals surface area contributed by atoms with Crippen molar-refractivity contribution < 1.29 is 14.4 Å². The molecule has 3 heterocycles. The third-order valence-corrected chi connectivity index (χ3v) is 4.54. The Kier molecular flexibility index (Phi) is 5.07. The van der Waals surface area contributed by atoms with Crippen molar-refractivity contribution >= 4 is 17.6 Å². The number of hydrogen-bond acceptors (Lipinski definition) is 9. The number of non-ortho nitro benzene ring substituents is 1. The van der Waals surface area contributed by atoms with Crippen molar-refractivity contribution in [3.63, 3.8) is 0 Å². The van der Waals surface area contributed by atoms with E-state index in [4.69, 9.17) is 9.47 Å². The third kappa shape index (κ3) is 3.96. The molecule has 2 fully saturated rings. The number of nitro benzene ring substituents is 1. The highest BCUT2D eigenvalue weighted by Gasteiger charge is 2.21. The quantitative estimate of drug-likeness (QED) is 0.576. The molecule has 10 heteroatoms. The van der Waals surface area contributed by atoms with Gasteiger partial charge in [0.05, 0.1) is 31.4 Å². The molecule has 0 unspecified atom stereocenters. The second kappa shape index (κ2) is 7.80. The van der Waals surface area contributed by atoms with E-state index in [9.17, 15) is 10.1 Å². The molecule has 27 heavy (non-hydrogen) atoms. The van der Waals surface area contributed by atoms with Crippen molar-refractivity contribution in [1.82, 2.24) is 15.0 Å². The second-order valence-electron chi connectivity index (χ2n) is 6.26. The summed E-state index contributed by atoms with van der Waals surface area (Å²) in [5, 5.41) is 10.9. The van der Waals surface area contributed by atoms with Gasteiger partial charge in [-0.3, -0.25) is 10.1 Å². The molecule has 0 amide bonds. The first-order valence-corrected chi connectivity index (χ1v) is 8.87. The molecule has 0 spiro atoms. The van der Waals surface area contributed by atoms with Crippen molar-refractivity contribution in [3.8, 4) is 11.4 Å². The van der Waals surface area contributed by atoms with Crippen LogP contribution in [0, 0.1) is 10.1 Å². The molecule has 2 aromatic rings. The molecular formula is C17H20N6O4. The van der Waals surface area contributed by atoms with Gasteiger partial charge >= 0.3 is 0 Å². The van der Waals surface area contributed by atoms with E-state index < -0.39 is 4.92 Å². The maximum atomic E-state index is 10.9. The molecule has 1 aromatic carbocycles. The van der Waals surface area contributed by atoms with E-state index in [-0.39, 0.29) is 5.69 Å². The van der Waals surface area contributed by atoms with Gasteiger partial charge in [-0.25, -0.2) is 0 Å². The minimum atomic E-state index is -0.421. The van der Waals surface area contributed by atoms with Crippen molar-refractivity contribution in [2.75, 3.05) is 62.4 Å². The molecule has 10 nitrogen and oxygen atoms in total. The van der Waals surface area contributed by atoms with E-state index >= 15 is 0 Å². The van der Waals surface area contributed by atoms with Crippen LogP contribution in [0.2, 0.25) is 0 Å². The summed E-state index contributed by atoms with van der Waals surface area (Å²) in [6, 6.07) is 6.25. The summed E-state index contributed by atoms with van der Waals surface area (Å²) in [7, 11) is 0. The fourth-order valence-electron chi connectivity index (χ4n) is 3.02. The number of anilines is 2. The largest absolute Gasteiger partial charge is 0.378 e. The van der Waals surface area contributed by atoms with Gasteiger partial charge in [-0.1, -0.05) is 0 Å². The topological polar surface area (TPSA) is 107 Å². The Hall–Kier alpha value is -2.85. The van der Waals surface area contributed by atoms with Gasteiger partial charge in [0.2, 0.25) is 11.9 Å². The summed E-state index contributed by atoms with van der Waals surface area (Å²) in [5.74, 6) is 1.70. The Morgan fingerprint density at radius 3 is 1.74 bits per heavy atom. The Balaban J connectivity index is 1.71. The Morgan fingerprint density at radius 2 is 1.30 bits per heavy atom. The third-order valence-electron chi connectivity index (χ3n) is 4.54. The second-order valence-corrected chi connectivity index (χ2v) is 6.26. The van der Waals surface area contributed by atoms with E-state index in [1.54, 1.807) is 12.1 Å². The zero-order valence-corrected chi connectivity index (χ0v) is 14.8. The summed E-state index contributed by atoms with van der Waals surface area (Å²) in [6.45, 7) is 5.38. The van der Waals surface area contributed by atoms with Crippen molar-refractivity contribution in [1.29, 1.82) is 0 Å². The van der Waals surface area contributed by atoms with E-state index in [1.807, 2.05) is 0 Å². The number of morpholine rings is 2. The van der Waals surface area contributed by atoms with Crippen LogP contribution in [0.1, 0.15) is 0 Å². The van der Waals surface area contributed by atoms with Gasteiger partial charge in [0.15, 0.2) is 5.82 Å². The molecular weight excluding hydrogens is 352 g/mol. The average molecular weight is 372 g/mol. The number of benzene rings is 1. The van der Waals surface area contributed by atoms with Crippen LogP contribution in [0.15, 0.2) is 24.3 Å². The SMILES string of the molecule is O=[N+]([O-])c1ccc(-c2nc(N3CCOCC3)nc(N3CCOCC3)n2)cc1. The fourth-order valence-corrected chi connectivity index (χ4v) is 3.02. The number of nitrogens with zero attached hydrogens (tertiary/aromatic N) is 6. The highest BCUT2D eigenvalue weighted by molar-refractivity contribution is 5.60. The van der Waals surface area contributed by atoms with E-state index in [2.05, 4.69) is 24.8 Å². The molecule has 0 N–H and O–H groups in total. The number of rotatable bonds is 4. The number of nitro groups is 1. The van der Waals surface area contributed by atoms with Gasteiger partial charge in [-0.15, -0.1) is 0 Å². The van der Waals surface area contributed by atoms with Crippen molar-refractivity contribution in [2.24, 2.45) is 0 Å². The van der Waals surface area contributed by atoms with Gasteiger partial charge in [-0.2, -0.15) is 15.0 Å². The molecule has 142 valence electrons. The lowest BCUT2D eigenvalue weighted by molar-refractivity contribution is -0.384. The Labute approximate surface area is 155 Å². The summed E-state index contributed by atoms with van der Waals surface area (Å²) >= 11 is 0. The first kappa shape index (κ1) is 17.6. The van der Waals surface area contributed by atoms with Gasteiger partial charge in [0.1, 0.15) is 0 Å². The summed E-state index contributed by atoms with van der Waals surface area (Å²) in [5.41, 5.74) is 0.752. The first-order chi connectivity index (χ1) is 13.2. The van der Waals surface area contributed by atoms with Gasteiger partial charge in [0, 0.05) is 43.9 Å². The molecule has 0 radical (unpaired) electrons.